The van der Waals surface area contributed by atoms with Crippen LogP contribution < -0.4 is 11.1 Å². The molecule has 1 aromatic heterocycles. The number of alkyl halides is 1. The minimum atomic E-state index is -0.601. The van der Waals surface area contributed by atoms with Gasteiger partial charge in [0.05, 0.1) is 10.9 Å². The van der Waals surface area contributed by atoms with Crippen LogP contribution in [-0.2, 0) is 6.54 Å². The Labute approximate surface area is 114 Å². The van der Waals surface area contributed by atoms with Gasteiger partial charge in [0, 0.05) is 13.1 Å². The molecule has 1 unspecified atom stereocenters. The number of nitrogens with zero attached hydrogens (tertiary/aromatic N) is 2. The highest BCUT2D eigenvalue weighted by atomic mass is 35.5. The molecule has 0 aliphatic heterocycles. The minimum absolute atomic E-state index is 0.282. The van der Waals surface area contributed by atoms with Crippen LogP contribution in [0.3, 0.4) is 0 Å². The molecule has 0 aliphatic carbocycles. The molecule has 3 N–H and O–H groups in total. The van der Waals surface area contributed by atoms with Crippen molar-refractivity contribution in [2.24, 2.45) is 5.73 Å². The number of carbonyl (C=O) groups is 1. The lowest BCUT2D eigenvalue weighted by atomic mass is 10.3. The number of hydrogen-bond donors (Lipinski definition) is 2. The van der Waals surface area contributed by atoms with Gasteiger partial charge in [0.2, 0.25) is 0 Å². The summed E-state index contributed by atoms with van der Waals surface area (Å²) in [6.45, 7) is 2.52. The molecule has 2 rings (SSSR count). The van der Waals surface area contributed by atoms with E-state index in [1.807, 2.05) is 0 Å². The number of amides is 2. The van der Waals surface area contributed by atoms with Crippen molar-refractivity contribution in [2.45, 2.75) is 18.8 Å². The average molecular weight is 285 g/mol. The number of fused-ring (bicyclic) bond motifs is 1. The Hall–Kier alpha value is -1.82. The highest BCUT2D eigenvalue weighted by Gasteiger charge is 2.16. The SMILES string of the molecule is CC(Cl)c1nc2c(F)cccc2n1CCNC(N)=O. The van der Waals surface area contributed by atoms with Crippen molar-refractivity contribution < 1.29 is 9.18 Å². The number of hydrogen-bond acceptors (Lipinski definition) is 2. The first-order valence-electron chi connectivity index (χ1n) is 5.82. The molecule has 0 saturated heterocycles. The van der Waals surface area contributed by atoms with E-state index in [1.165, 1.54) is 6.07 Å². The molecule has 2 aromatic rings. The van der Waals surface area contributed by atoms with Crippen molar-refractivity contribution in [3.63, 3.8) is 0 Å². The first-order chi connectivity index (χ1) is 9.00. The van der Waals surface area contributed by atoms with E-state index in [-0.39, 0.29) is 10.9 Å². The smallest absolute Gasteiger partial charge is 0.312 e. The van der Waals surface area contributed by atoms with E-state index in [1.54, 1.807) is 23.6 Å². The van der Waals surface area contributed by atoms with Gasteiger partial charge in [0.25, 0.3) is 0 Å². The number of halogens is 2. The molecular formula is C12H14ClFN4O. The standard InChI is InChI=1S/C12H14ClFN4O/c1-7(13)11-17-10-8(14)3-2-4-9(10)18(11)6-5-16-12(15)19/h2-4,7H,5-6H2,1H3,(H3,15,16,19). The second kappa shape index (κ2) is 5.44. The number of urea groups is 1. The summed E-state index contributed by atoms with van der Waals surface area (Å²) in [6.07, 6.45) is 0. The molecule has 0 radical (unpaired) electrons. The Morgan fingerprint density at radius 2 is 2.37 bits per heavy atom. The summed E-state index contributed by atoms with van der Waals surface area (Å²) in [6, 6.07) is 4.12. The van der Waals surface area contributed by atoms with Crippen molar-refractivity contribution >= 4 is 28.7 Å². The van der Waals surface area contributed by atoms with E-state index in [0.29, 0.717) is 24.4 Å². The van der Waals surface area contributed by atoms with Gasteiger partial charge in [-0.15, -0.1) is 11.6 Å². The molecule has 19 heavy (non-hydrogen) atoms. The fourth-order valence-electron chi connectivity index (χ4n) is 1.96. The Bertz CT molecular complexity index is 611. The maximum absolute atomic E-state index is 13.7. The number of benzene rings is 1. The Morgan fingerprint density at radius 3 is 3.00 bits per heavy atom. The van der Waals surface area contributed by atoms with Gasteiger partial charge in [-0.25, -0.2) is 14.2 Å². The zero-order valence-corrected chi connectivity index (χ0v) is 11.1. The summed E-state index contributed by atoms with van der Waals surface area (Å²) in [4.78, 5) is 14.9. The van der Waals surface area contributed by atoms with Crippen LogP contribution in [0.15, 0.2) is 18.2 Å². The largest absolute Gasteiger partial charge is 0.352 e. The quantitative estimate of drug-likeness (QED) is 0.844. The fourth-order valence-corrected chi connectivity index (χ4v) is 2.13. The van der Waals surface area contributed by atoms with Gasteiger partial charge in [0.1, 0.15) is 11.3 Å². The molecule has 0 fully saturated rings. The lowest BCUT2D eigenvalue weighted by Crippen LogP contribution is -2.32. The number of primary amides is 1. The molecule has 1 heterocycles. The van der Waals surface area contributed by atoms with Gasteiger partial charge in [-0.3, -0.25) is 0 Å². The van der Waals surface area contributed by atoms with Gasteiger partial charge >= 0.3 is 6.03 Å². The number of rotatable bonds is 4. The maximum Gasteiger partial charge on any atom is 0.312 e. The number of imidazole rings is 1. The Balaban J connectivity index is 2.41. The van der Waals surface area contributed by atoms with Gasteiger partial charge in [-0.2, -0.15) is 0 Å². The molecule has 102 valence electrons. The van der Waals surface area contributed by atoms with Crippen LogP contribution in [0, 0.1) is 5.82 Å². The predicted octanol–water partition coefficient (Wildman–Crippen LogP) is 2.14. The van der Waals surface area contributed by atoms with Crippen molar-refractivity contribution in [1.29, 1.82) is 0 Å². The molecule has 0 bridgehead atoms. The molecule has 1 aromatic carbocycles. The van der Waals surface area contributed by atoms with Crippen LogP contribution in [0.25, 0.3) is 11.0 Å². The van der Waals surface area contributed by atoms with E-state index in [9.17, 15) is 9.18 Å². The lowest BCUT2D eigenvalue weighted by Gasteiger charge is -2.10. The number of carbonyl (C=O) groups excluding carboxylic acids is 1. The third-order valence-electron chi connectivity index (χ3n) is 2.75. The third-order valence-corrected chi connectivity index (χ3v) is 2.94. The predicted molar refractivity (Wildman–Crippen MR) is 71.5 cm³/mol. The molecule has 0 aliphatic rings. The van der Waals surface area contributed by atoms with E-state index in [4.69, 9.17) is 17.3 Å². The molecule has 5 nitrogen and oxygen atoms in total. The second-order valence-electron chi connectivity index (χ2n) is 4.14. The first-order valence-corrected chi connectivity index (χ1v) is 6.26. The van der Waals surface area contributed by atoms with Crippen molar-refractivity contribution in [3.05, 3.63) is 29.8 Å². The molecule has 7 heteroatoms. The Kier molecular flexibility index (Phi) is 3.90. The summed E-state index contributed by atoms with van der Waals surface area (Å²) in [7, 11) is 0. The molecule has 0 spiro atoms. The summed E-state index contributed by atoms with van der Waals surface area (Å²) in [5, 5.41) is 2.12. The van der Waals surface area contributed by atoms with Crippen molar-refractivity contribution in [1.82, 2.24) is 14.9 Å². The van der Waals surface area contributed by atoms with E-state index >= 15 is 0 Å². The third kappa shape index (κ3) is 2.78. The summed E-state index contributed by atoms with van der Waals surface area (Å²) < 4.78 is 15.5. The second-order valence-corrected chi connectivity index (χ2v) is 4.79. The van der Waals surface area contributed by atoms with Crippen LogP contribution in [-0.4, -0.2) is 22.1 Å². The van der Waals surface area contributed by atoms with Gasteiger partial charge in [0.15, 0.2) is 5.82 Å². The molecular weight excluding hydrogens is 271 g/mol. The van der Waals surface area contributed by atoms with Crippen molar-refractivity contribution in [2.75, 3.05) is 6.54 Å². The minimum Gasteiger partial charge on any atom is -0.352 e. The van der Waals surface area contributed by atoms with E-state index < -0.39 is 11.8 Å². The van der Waals surface area contributed by atoms with Gasteiger partial charge < -0.3 is 15.6 Å². The number of nitrogens with two attached hydrogens (primary N) is 1. The monoisotopic (exact) mass is 284 g/mol. The number of para-hydroxylation sites is 1. The van der Waals surface area contributed by atoms with E-state index in [0.717, 1.165) is 0 Å². The number of aromatic nitrogens is 2. The summed E-state index contributed by atoms with van der Waals surface area (Å²) in [5.74, 6) is 0.172. The van der Waals surface area contributed by atoms with Crippen LogP contribution in [0.2, 0.25) is 0 Å². The summed E-state index contributed by atoms with van der Waals surface area (Å²) in [5.41, 5.74) is 5.93. The first kappa shape index (κ1) is 13.6. The molecule has 2 amide bonds. The lowest BCUT2D eigenvalue weighted by molar-refractivity contribution is 0.248. The fraction of sp³-hybridized carbons (Fsp3) is 0.333. The molecule has 0 saturated carbocycles. The number of nitrogens with one attached hydrogen (secondary N) is 1. The molecule has 1 atom stereocenters. The summed E-state index contributed by atoms with van der Waals surface area (Å²) >= 11 is 6.06. The normalized spacial score (nSPS) is 12.6. The zero-order chi connectivity index (χ0) is 14.0. The van der Waals surface area contributed by atoms with Crippen LogP contribution in [0.5, 0.6) is 0 Å². The van der Waals surface area contributed by atoms with Gasteiger partial charge in [-0.05, 0) is 19.1 Å². The van der Waals surface area contributed by atoms with Crippen LogP contribution in [0.1, 0.15) is 18.1 Å². The van der Waals surface area contributed by atoms with E-state index in [2.05, 4.69) is 10.3 Å². The Morgan fingerprint density at radius 1 is 1.63 bits per heavy atom. The zero-order valence-electron chi connectivity index (χ0n) is 10.4. The van der Waals surface area contributed by atoms with Crippen LogP contribution in [0.4, 0.5) is 9.18 Å². The van der Waals surface area contributed by atoms with Gasteiger partial charge in [-0.1, -0.05) is 6.07 Å². The van der Waals surface area contributed by atoms with Crippen LogP contribution >= 0.6 is 11.6 Å². The average Bonchev–Trinajstić information content (AvgIpc) is 2.70. The topological polar surface area (TPSA) is 72.9 Å². The maximum atomic E-state index is 13.7. The van der Waals surface area contributed by atoms with Crippen molar-refractivity contribution in [3.8, 4) is 0 Å². The highest BCUT2D eigenvalue weighted by Crippen LogP contribution is 2.25. The highest BCUT2D eigenvalue weighted by molar-refractivity contribution is 6.20.